The van der Waals surface area contributed by atoms with Crippen molar-refractivity contribution in [1.29, 1.82) is 0 Å². The summed E-state index contributed by atoms with van der Waals surface area (Å²) in [5.41, 5.74) is 0.0256. The molecule has 0 spiro atoms. The van der Waals surface area contributed by atoms with E-state index in [1.807, 2.05) is 0 Å². The highest BCUT2D eigenvalue weighted by molar-refractivity contribution is 5.33. The molecule has 0 saturated heterocycles. The summed E-state index contributed by atoms with van der Waals surface area (Å²) < 4.78 is 10.5. The number of ether oxygens (including phenoxy) is 2. The Morgan fingerprint density at radius 2 is 1.84 bits per heavy atom. The van der Waals surface area contributed by atoms with Crippen LogP contribution in [0.5, 0.6) is 11.5 Å². The summed E-state index contributed by atoms with van der Waals surface area (Å²) in [5, 5.41) is 10.5. The van der Waals surface area contributed by atoms with E-state index in [1.165, 1.54) is 25.2 Å². The molecular formula is C14H15NO4. The van der Waals surface area contributed by atoms with Crippen LogP contribution < -0.4 is 9.47 Å². The fraction of sp³-hybridized carbons (Fsp3) is 0.143. The van der Waals surface area contributed by atoms with Crippen molar-refractivity contribution in [2.45, 2.75) is 6.92 Å². The molecule has 0 fully saturated rings. The summed E-state index contributed by atoms with van der Waals surface area (Å²) in [7, 11) is 1.58. The zero-order chi connectivity index (χ0) is 14.3. The quantitative estimate of drug-likeness (QED) is 0.341. The lowest BCUT2D eigenvalue weighted by Gasteiger charge is -2.06. The van der Waals surface area contributed by atoms with Crippen LogP contribution in [0.2, 0.25) is 0 Å². The predicted molar refractivity (Wildman–Crippen MR) is 72.7 cm³/mol. The van der Waals surface area contributed by atoms with E-state index in [0.29, 0.717) is 11.5 Å². The molecule has 0 unspecified atom stereocenters. The Hall–Kier alpha value is -2.56. The smallest absolute Gasteiger partial charge is 0.243 e. The van der Waals surface area contributed by atoms with Gasteiger partial charge in [0.15, 0.2) is 0 Å². The van der Waals surface area contributed by atoms with Crippen LogP contribution in [0.4, 0.5) is 0 Å². The molecule has 1 aromatic carbocycles. The van der Waals surface area contributed by atoms with E-state index in [1.54, 1.807) is 31.4 Å². The third-order valence-electron chi connectivity index (χ3n) is 2.27. The van der Waals surface area contributed by atoms with E-state index in [9.17, 15) is 10.1 Å². The standard InChI is InChI=1S/C14H15NO4/c1-4-12(6-5-11(2)15(16)17)19-14-9-7-13(18-3)8-10-14/h4-10H,1H2,2-3H3/b11-5+,12-6+. The van der Waals surface area contributed by atoms with Gasteiger partial charge in [-0.25, -0.2) is 0 Å². The van der Waals surface area contributed by atoms with Gasteiger partial charge in [0, 0.05) is 13.0 Å². The number of benzene rings is 1. The second kappa shape index (κ2) is 7.00. The highest BCUT2D eigenvalue weighted by Gasteiger charge is 2.01. The third-order valence-corrected chi connectivity index (χ3v) is 2.27. The SMILES string of the molecule is C=C/C(=C\C=C(/C)[N+](=O)[O-])Oc1ccc(OC)cc1. The maximum Gasteiger partial charge on any atom is 0.243 e. The average molecular weight is 261 g/mol. The number of nitrogens with zero attached hydrogens (tertiary/aromatic N) is 1. The Balaban J connectivity index is 2.81. The van der Waals surface area contributed by atoms with Gasteiger partial charge in [0.05, 0.1) is 12.0 Å². The second-order valence-electron chi connectivity index (χ2n) is 3.62. The molecule has 5 heteroatoms. The lowest BCUT2D eigenvalue weighted by molar-refractivity contribution is -0.424. The first-order valence-electron chi connectivity index (χ1n) is 5.54. The molecule has 0 saturated carbocycles. The van der Waals surface area contributed by atoms with E-state index in [0.717, 1.165) is 5.75 Å². The molecule has 5 nitrogen and oxygen atoms in total. The van der Waals surface area contributed by atoms with Gasteiger partial charge in [-0.05, 0) is 36.4 Å². The summed E-state index contributed by atoms with van der Waals surface area (Å²) in [6, 6.07) is 6.99. The fourth-order valence-electron chi connectivity index (χ4n) is 1.19. The van der Waals surface area contributed by atoms with Crippen molar-refractivity contribution in [1.82, 2.24) is 0 Å². The number of allylic oxidation sites excluding steroid dienone is 4. The van der Waals surface area contributed by atoms with Crippen LogP contribution in [-0.4, -0.2) is 12.0 Å². The molecule has 1 aromatic rings. The number of methoxy groups -OCH3 is 1. The van der Waals surface area contributed by atoms with Gasteiger partial charge < -0.3 is 9.47 Å². The number of hydrogen-bond donors (Lipinski definition) is 0. The molecule has 0 bridgehead atoms. The van der Waals surface area contributed by atoms with Gasteiger partial charge >= 0.3 is 0 Å². The molecule has 0 aliphatic rings. The molecule has 0 aliphatic carbocycles. The minimum Gasteiger partial charge on any atom is -0.497 e. The van der Waals surface area contributed by atoms with Crippen molar-refractivity contribution in [3.8, 4) is 11.5 Å². The Bertz CT molecular complexity index is 515. The Morgan fingerprint density at radius 3 is 2.32 bits per heavy atom. The van der Waals surface area contributed by atoms with Crippen molar-refractivity contribution in [2.75, 3.05) is 7.11 Å². The molecule has 0 atom stereocenters. The van der Waals surface area contributed by atoms with Crippen LogP contribution in [0.1, 0.15) is 6.92 Å². The van der Waals surface area contributed by atoms with E-state index in [2.05, 4.69) is 6.58 Å². The monoisotopic (exact) mass is 261 g/mol. The first kappa shape index (κ1) is 14.5. The van der Waals surface area contributed by atoms with Crippen LogP contribution in [0.3, 0.4) is 0 Å². The molecule has 0 amide bonds. The van der Waals surface area contributed by atoms with Gasteiger partial charge in [0.1, 0.15) is 17.3 Å². The van der Waals surface area contributed by atoms with E-state index in [4.69, 9.17) is 9.47 Å². The van der Waals surface area contributed by atoms with Crippen LogP contribution in [0.15, 0.2) is 60.5 Å². The largest absolute Gasteiger partial charge is 0.497 e. The summed E-state index contributed by atoms with van der Waals surface area (Å²) >= 11 is 0. The zero-order valence-electron chi connectivity index (χ0n) is 10.8. The predicted octanol–water partition coefficient (Wildman–Crippen LogP) is 3.32. The molecule has 0 aliphatic heterocycles. The minimum atomic E-state index is -0.468. The third kappa shape index (κ3) is 4.67. The van der Waals surface area contributed by atoms with Gasteiger partial charge in [-0.1, -0.05) is 6.58 Å². The maximum atomic E-state index is 10.5. The lowest BCUT2D eigenvalue weighted by Crippen LogP contribution is -1.94. The van der Waals surface area contributed by atoms with Crippen molar-refractivity contribution in [3.05, 3.63) is 70.6 Å². The highest BCUT2D eigenvalue weighted by Crippen LogP contribution is 2.19. The number of hydrogen-bond acceptors (Lipinski definition) is 4. The molecule has 0 aromatic heterocycles. The zero-order valence-corrected chi connectivity index (χ0v) is 10.8. The van der Waals surface area contributed by atoms with E-state index in [-0.39, 0.29) is 5.70 Å². The summed E-state index contributed by atoms with van der Waals surface area (Å²) in [6.07, 6.45) is 4.34. The van der Waals surface area contributed by atoms with Crippen LogP contribution in [-0.2, 0) is 0 Å². The Morgan fingerprint density at radius 1 is 1.26 bits per heavy atom. The second-order valence-corrected chi connectivity index (χ2v) is 3.62. The fourth-order valence-corrected chi connectivity index (χ4v) is 1.19. The van der Waals surface area contributed by atoms with Gasteiger partial charge in [0.25, 0.3) is 0 Å². The van der Waals surface area contributed by atoms with Gasteiger partial charge in [-0.2, -0.15) is 0 Å². The summed E-state index contributed by atoms with van der Waals surface area (Å²) in [4.78, 5) is 9.99. The first-order valence-corrected chi connectivity index (χ1v) is 5.54. The van der Waals surface area contributed by atoms with Gasteiger partial charge in [-0.15, -0.1) is 0 Å². The van der Waals surface area contributed by atoms with Gasteiger partial charge in [0.2, 0.25) is 5.70 Å². The molecule has 0 N–H and O–H groups in total. The summed E-state index contributed by atoms with van der Waals surface area (Å²) in [5.74, 6) is 1.74. The van der Waals surface area contributed by atoms with Crippen molar-refractivity contribution in [2.24, 2.45) is 0 Å². The van der Waals surface area contributed by atoms with E-state index < -0.39 is 4.92 Å². The lowest BCUT2D eigenvalue weighted by atomic mass is 10.3. The molecular weight excluding hydrogens is 246 g/mol. The van der Waals surface area contributed by atoms with Crippen LogP contribution in [0, 0.1) is 10.1 Å². The number of rotatable bonds is 6. The first-order chi connectivity index (χ1) is 9.06. The van der Waals surface area contributed by atoms with Crippen LogP contribution in [0.25, 0.3) is 0 Å². The van der Waals surface area contributed by atoms with Crippen molar-refractivity contribution < 1.29 is 14.4 Å². The molecule has 100 valence electrons. The molecule has 0 radical (unpaired) electrons. The summed E-state index contributed by atoms with van der Waals surface area (Å²) in [6.45, 7) is 5.00. The molecule has 0 heterocycles. The molecule has 19 heavy (non-hydrogen) atoms. The van der Waals surface area contributed by atoms with Crippen LogP contribution >= 0.6 is 0 Å². The topological polar surface area (TPSA) is 61.6 Å². The normalized spacial score (nSPS) is 11.9. The van der Waals surface area contributed by atoms with E-state index >= 15 is 0 Å². The molecule has 1 rings (SSSR count). The maximum absolute atomic E-state index is 10.5. The van der Waals surface area contributed by atoms with Gasteiger partial charge in [-0.3, -0.25) is 10.1 Å². The van der Waals surface area contributed by atoms with Crippen molar-refractivity contribution >= 4 is 0 Å². The van der Waals surface area contributed by atoms with Crippen molar-refractivity contribution in [3.63, 3.8) is 0 Å². The average Bonchev–Trinajstić information content (AvgIpc) is 2.43. The highest BCUT2D eigenvalue weighted by atomic mass is 16.6. The number of nitro groups is 1. The minimum absolute atomic E-state index is 0.0256. The Kier molecular flexibility index (Phi) is 5.35. The Labute approximate surface area is 111 Å².